The van der Waals surface area contributed by atoms with Gasteiger partial charge in [-0.15, -0.1) is 0 Å². The Labute approximate surface area is 106 Å². The van der Waals surface area contributed by atoms with E-state index in [0.717, 1.165) is 22.6 Å². The van der Waals surface area contributed by atoms with Crippen LogP contribution in [0.1, 0.15) is 10.4 Å². The van der Waals surface area contributed by atoms with E-state index in [-0.39, 0.29) is 0 Å². The molecule has 1 heteroatoms. The number of fused-ring (bicyclic) bond motifs is 1. The van der Waals surface area contributed by atoms with Gasteiger partial charge in [0.15, 0.2) is 0 Å². The largest absolute Gasteiger partial charge is 0.298 e. The lowest BCUT2D eigenvalue weighted by molar-refractivity contribution is 0.112. The fourth-order valence-electron chi connectivity index (χ4n) is 2.15. The van der Waals surface area contributed by atoms with Crippen LogP contribution in [0.2, 0.25) is 0 Å². The number of hydrogen-bond acceptors (Lipinski definition) is 1. The molecular weight excluding hydrogens is 220 g/mol. The van der Waals surface area contributed by atoms with Crippen molar-refractivity contribution in [2.24, 2.45) is 0 Å². The van der Waals surface area contributed by atoms with E-state index in [1.807, 2.05) is 36.4 Å². The zero-order chi connectivity index (χ0) is 12.4. The maximum Gasteiger partial charge on any atom is 0.150 e. The van der Waals surface area contributed by atoms with Crippen molar-refractivity contribution in [2.75, 3.05) is 0 Å². The standard InChI is InChI=1S/C17H12O/c18-12-13-6-7-17-11-16(9-8-15(17)10-13)14-4-2-1-3-5-14/h1-12H. The molecule has 0 aliphatic carbocycles. The van der Waals surface area contributed by atoms with E-state index in [4.69, 9.17) is 0 Å². The summed E-state index contributed by atoms with van der Waals surface area (Å²) >= 11 is 0. The summed E-state index contributed by atoms with van der Waals surface area (Å²) < 4.78 is 0. The summed E-state index contributed by atoms with van der Waals surface area (Å²) in [4.78, 5) is 10.7. The minimum Gasteiger partial charge on any atom is -0.298 e. The minimum absolute atomic E-state index is 0.718. The first-order valence-electron chi connectivity index (χ1n) is 5.91. The molecule has 0 radical (unpaired) electrons. The lowest BCUT2D eigenvalue weighted by Gasteiger charge is -2.04. The minimum atomic E-state index is 0.718. The molecule has 0 atom stereocenters. The Hall–Kier alpha value is -2.41. The van der Waals surface area contributed by atoms with Crippen LogP contribution in [-0.2, 0) is 0 Å². The average Bonchev–Trinajstić information content (AvgIpc) is 2.47. The van der Waals surface area contributed by atoms with Crippen molar-refractivity contribution in [3.8, 4) is 11.1 Å². The monoisotopic (exact) mass is 232 g/mol. The predicted molar refractivity (Wildman–Crippen MR) is 74.8 cm³/mol. The summed E-state index contributed by atoms with van der Waals surface area (Å²) in [5, 5.41) is 2.25. The third-order valence-electron chi connectivity index (χ3n) is 3.11. The van der Waals surface area contributed by atoms with Gasteiger partial charge in [0.05, 0.1) is 0 Å². The van der Waals surface area contributed by atoms with Gasteiger partial charge >= 0.3 is 0 Å². The van der Waals surface area contributed by atoms with Gasteiger partial charge in [-0.3, -0.25) is 4.79 Å². The summed E-state index contributed by atoms with van der Waals surface area (Å²) in [5.74, 6) is 0. The molecule has 0 bridgehead atoms. The van der Waals surface area contributed by atoms with E-state index in [9.17, 15) is 4.79 Å². The summed E-state index contributed by atoms with van der Waals surface area (Å²) in [7, 11) is 0. The van der Waals surface area contributed by atoms with Crippen molar-refractivity contribution in [1.82, 2.24) is 0 Å². The van der Waals surface area contributed by atoms with Crippen LogP contribution in [0.3, 0.4) is 0 Å². The lowest BCUT2D eigenvalue weighted by atomic mass is 10.0. The SMILES string of the molecule is O=Cc1ccc2cc(-c3ccccc3)ccc2c1. The average molecular weight is 232 g/mol. The van der Waals surface area contributed by atoms with Gasteiger partial charge in [0.2, 0.25) is 0 Å². The molecule has 0 saturated carbocycles. The molecule has 0 heterocycles. The summed E-state index contributed by atoms with van der Waals surface area (Å²) in [6.07, 6.45) is 0.880. The van der Waals surface area contributed by atoms with Crippen molar-refractivity contribution >= 4 is 17.1 Å². The van der Waals surface area contributed by atoms with Crippen LogP contribution in [0.15, 0.2) is 66.7 Å². The van der Waals surface area contributed by atoms with Crippen LogP contribution in [0.4, 0.5) is 0 Å². The van der Waals surface area contributed by atoms with Crippen LogP contribution < -0.4 is 0 Å². The number of carbonyl (C=O) groups excluding carboxylic acids is 1. The topological polar surface area (TPSA) is 17.1 Å². The summed E-state index contributed by atoms with van der Waals surface area (Å²) in [6, 6.07) is 22.3. The van der Waals surface area contributed by atoms with Gasteiger partial charge in [-0.2, -0.15) is 0 Å². The van der Waals surface area contributed by atoms with Gasteiger partial charge in [0, 0.05) is 5.56 Å². The number of aldehydes is 1. The van der Waals surface area contributed by atoms with E-state index < -0.39 is 0 Å². The molecule has 1 nitrogen and oxygen atoms in total. The van der Waals surface area contributed by atoms with Gasteiger partial charge in [-0.05, 0) is 34.0 Å². The maximum atomic E-state index is 10.7. The summed E-state index contributed by atoms with van der Waals surface area (Å²) in [6.45, 7) is 0. The van der Waals surface area contributed by atoms with Crippen LogP contribution >= 0.6 is 0 Å². The Morgan fingerprint density at radius 3 is 2.17 bits per heavy atom. The molecule has 0 spiro atoms. The Bertz CT molecular complexity index is 699. The maximum absolute atomic E-state index is 10.7. The predicted octanol–water partition coefficient (Wildman–Crippen LogP) is 4.32. The number of benzene rings is 3. The second kappa shape index (κ2) is 4.46. The zero-order valence-corrected chi connectivity index (χ0v) is 9.84. The van der Waals surface area contributed by atoms with Crippen molar-refractivity contribution in [1.29, 1.82) is 0 Å². The first-order chi connectivity index (χ1) is 8.86. The normalized spacial score (nSPS) is 10.4. The van der Waals surface area contributed by atoms with Gasteiger partial charge in [-0.1, -0.05) is 54.6 Å². The van der Waals surface area contributed by atoms with Gasteiger partial charge < -0.3 is 0 Å². The van der Waals surface area contributed by atoms with Crippen LogP contribution in [0.25, 0.3) is 21.9 Å². The molecule has 0 N–H and O–H groups in total. The molecule has 0 aromatic heterocycles. The second-order valence-corrected chi connectivity index (χ2v) is 4.31. The Kier molecular flexibility index (Phi) is 2.66. The number of hydrogen-bond donors (Lipinski definition) is 0. The van der Waals surface area contributed by atoms with Gasteiger partial charge in [-0.25, -0.2) is 0 Å². The highest BCUT2D eigenvalue weighted by molar-refractivity contribution is 5.91. The number of rotatable bonds is 2. The van der Waals surface area contributed by atoms with E-state index in [1.165, 1.54) is 11.1 Å². The third kappa shape index (κ3) is 1.91. The van der Waals surface area contributed by atoms with Gasteiger partial charge in [0.25, 0.3) is 0 Å². The molecule has 86 valence electrons. The molecule has 0 saturated heterocycles. The first-order valence-corrected chi connectivity index (χ1v) is 5.91. The fraction of sp³-hybridized carbons (Fsp3) is 0. The molecule has 3 rings (SSSR count). The molecule has 0 unspecified atom stereocenters. The molecule has 0 amide bonds. The van der Waals surface area contributed by atoms with Crippen molar-refractivity contribution in [3.05, 3.63) is 72.3 Å². The zero-order valence-electron chi connectivity index (χ0n) is 9.84. The highest BCUT2D eigenvalue weighted by Crippen LogP contribution is 2.24. The Balaban J connectivity index is 2.15. The van der Waals surface area contributed by atoms with Gasteiger partial charge in [0.1, 0.15) is 6.29 Å². The smallest absolute Gasteiger partial charge is 0.150 e. The molecule has 0 aliphatic heterocycles. The number of carbonyl (C=O) groups is 1. The Morgan fingerprint density at radius 2 is 1.39 bits per heavy atom. The summed E-state index contributed by atoms with van der Waals surface area (Å²) in [5.41, 5.74) is 3.12. The highest BCUT2D eigenvalue weighted by Gasteiger charge is 2.00. The molecule has 3 aromatic carbocycles. The van der Waals surface area contributed by atoms with E-state index in [2.05, 4.69) is 30.3 Å². The van der Waals surface area contributed by atoms with Crippen LogP contribution in [0.5, 0.6) is 0 Å². The Morgan fingerprint density at radius 1 is 0.667 bits per heavy atom. The quantitative estimate of drug-likeness (QED) is 0.601. The fourth-order valence-corrected chi connectivity index (χ4v) is 2.15. The molecule has 0 fully saturated rings. The van der Waals surface area contributed by atoms with Crippen LogP contribution in [0, 0.1) is 0 Å². The second-order valence-electron chi connectivity index (χ2n) is 4.31. The first kappa shape index (κ1) is 10.7. The highest BCUT2D eigenvalue weighted by atomic mass is 16.1. The lowest BCUT2D eigenvalue weighted by Crippen LogP contribution is -1.82. The van der Waals surface area contributed by atoms with Crippen LogP contribution in [-0.4, -0.2) is 6.29 Å². The van der Waals surface area contributed by atoms with E-state index in [0.29, 0.717) is 0 Å². The van der Waals surface area contributed by atoms with Crippen molar-refractivity contribution < 1.29 is 4.79 Å². The molecule has 0 aliphatic rings. The van der Waals surface area contributed by atoms with Crippen molar-refractivity contribution in [3.63, 3.8) is 0 Å². The third-order valence-corrected chi connectivity index (χ3v) is 3.11. The van der Waals surface area contributed by atoms with Crippen molar-refractivity contribution in [2.45, 2.75) is 0 Å². The molecule has 3 aromatic rings. The molecular formula is C17H12O. The molecule has 18 heavy (non-hydrogen) atoms. The van der Waals surface area contributed by atoms with E-state index in [1.54, 1.807) is 0 Å². The van der Waals surface area contributed by atoms with E-state index >= 15 is 0 Å².